The summed E-state index contributed by atoms with van der Waals surface area (Å²) in [5.41, 5.74) is 5.96. The molecule has 0 aromatic rings. The molecule has 0 radical (unpaired) electrons. The molecule has 3 nitrogen and oxygen atoms in total. The van der Waals surface area contributed by atoms with E-state index in [1.54, 1.807) is 0 Å². The molecule has 0 aromatic heterocycles. The number of carbonyl (C=O) groups is 1. The Morgan fingerprint density at radius 3 is 2.71 bits per heavy atom. The molecule has 0 aromatic carbocycles. The molecular weight excluding hydrogens is 212 g/mol. The lowest BCUT2D eigenvalue weighted by molar-refractivity contribution is -0.130. The van der Waals surface area contributed by atoms with E-state index in [2.05, 4.69) is 13.8 Å². The fourth-order valence-electron chi connectivity index (χ4n) is 2.76. The predicted molar refractivity (Wildman–Crippen MR) is 71.6 cm³/mol. The van der Waals surface area contributed by atoms with Crippen LogP contribution in [0.4, 0.5) is 0 Å². The molecule has 0 bridgehead atoms. The van der Waals surface area contributed by atoms with Crippen LogP contribution in [-0.2, 0) is 4.79 Å². The number of nitrogens with two attached hydrogens (primary N) is 1. The molecular formula is C14H28N2O. The Balaban J connectivity index is 2.22. The number of rotatable bonds is 5. The first-order chi connectivity index (χ1) is 7.99. The van der Waals surface area contributed by atoms with Crippen molar-refractivity contribution in [3.8, 4) is 0 Å². The van der Waals surface area contributed by atoms with Crippen LogP contribution in [0.1, 0.15) is 52.4 Å². The average Bonchev–Trinajstić information content (AvgIpc) is 2.25. The maximum absolute atomic E-state index is 11.9. The van der Waals surface area contributed by atoms with Crippen molar-refractivity contribution in [3.05, 3.63) is 0 Å². The molecule has 1 rings (SSSR count). The second-order valence-corrected chi connectivity index (χ2v) is 6.00. The second-order valence-electron chi connectivity index (χ2n) is 6.00. The van der Waals surface area contributed by atoms with Crippen LogP contribution in [0.15, 0.2) is 0 Å². The van der Waals surface area contributed by atoms with Crippen molar-refractivity contribution < 1.29 is 4.79 Å². The minimum Gasteiger partial charge on any atom is -0.346 e. The van der Waals surface area contributed by atoms with Gasteiger partial charge in [0.2, 0.25) is 5.91 Å². The molecule has 1 saturated carbocycles. The van der Waals surface area contributed by atoms with E-state index in [4.69, 9.17) is 5.73 Å². The Morgan fingerprint density at radius 1 is 1.41 bits per heavy atom. The van der Waals surface area contributed by atoms with Crippen LogP contribution < -0.4 is 5.73 Å². The molecule has 0 heterocycles. The molecule has 1 aliphatic rings. The van der Waals surface area contributed by atoms with E-state index in [1.807, 2.05) is 11.9 Å². The third-order valence-electron chi connectivity index (χ3n) is 3.65. The number of nitrogens with zero attached hydrogens (tertiary/aromatic N) is 1. The molecule has 2 unspecified atom stereocenters. The molecule has 17 heavy (non-hydrogen) atoms. The fraction of sp³-hybridized carbons (Fsp3) is 0.929. The van der Waals surface area contributed by atoms with E-state index >= 15 is 0 Å². The summed E-state index contributed by atoms with van der Waals surface area (Å²) in [7, 11) is 1.91. The van der Waals surface area contributed by atoms with Gasteiger partial charge in [-0.1, -0.05) is 26.7 Å². The second kappa shape index (κ2) is 7.00. The SMILES string of the molecule is CC(C)CN(C)C(=O)CCC1CCCC(N)C1. The highest BCUT2D eigenvalue weighted by molar-refractivity contribution is 5.75. The van der Waals surface area contributed by atoms with Gasteiger partial charge in [0.1, 0.15) is 0 Å². The van der Waals surface area contributed by atoms with Crippen molar-refractivity contribution in [3.63, 3.8) is 0 Å². The van der Waals surface area contributed by atoms with Crippen molar-refractivity contribution in [1.29, 1.82) is 0 Å². The third kappa shape index (κ3) is 5.53. The summed E-state index contributed by atoms with van der Waals surface area (Å²) in [6, 6.07) is 0.372. The lowest BCUT2D eigenvalue weighted by Gasteiger charge is -2.27. The Kier molecular flexibility index (Phi) is 5.96. The van der Waals surface area contributed by atoms with Crippen molar-refractivity contribution in [1.82, 2.24) is 4.90 Å². The smallest absolute Gasteiger partial charge is 0.222 e. The molecule has 0 spiro atoms. The van der Waals surface area contributed by atoms with Gasteiger partial charge in [0.05, 0.1) is 0 Å². The first-order valence-corrected chi connectivity index (χ1v) is 6.98. The highest BCUT2D eigenvalue weighted by Gasteiger charge is 2.20. The lowest BCUT2D eigenvalue weighted by atomic mass is 9.83. The summed E-state index contributed by atoms with van der Waals surface area (Å²) in [6.07, 6.45) is 6.49. The number of hydrogen-bond donors (Lipinski definition) is 1. The van der Waals surface area contributed by atoms with Gasteiger partial charge in [0, 0.05) is 26.1 Å². The van der Waals surface area contributed by atoms with Crippen LogP contribution in [0.2, 0.25) is 0 Å². The van der Waals surface area contributed by atoms with E-state index in [9.17, 15) is 4.79 Å². The largest absolute Gasteiger partial charge is 0.346 e. The zero-order chi connectivity index (χ0) is 12.8. The van der Waals surface area contributed by atoms with Gasteiger partial charge in [0.25, 0.3) is 0 Å². The lowest BCUT2D eigenvalue weighted by Crippen LogP contribution is -2.32. The zero-order valence-electron chi connectivity index (χ0n) is 11.6. The molecule has 2 atom stereocenters. The molecule has 1 aliphatic carbocycles. The van der Waals surface area contributed by atoms with Crippen LogP contribution in [0.5, 0.6) is 0 Å². The van der Waals surface area contributed by atoms with Gasteiger partial charge < -0.3 is 10.6 Å². The topological polar surface area (TPSA) is 46.3 Å². The maximum atomic E-state index is 11.9. The first-order valence-electron chi connectivity index (χ1n) is 6.98. The van der Waals surface area contributed by atoms with E-state index < -0.39 is 0 Å². The fourth-order valence-corrected chi connectivity index (χ4v) is 2.76. The summed E-state index contributed by atoms with van der Waals surface area (Å²) in [4.78, 5) is 13.8. The maximum Gasteiger partial charge on any atom is 0.222 e. The van der Waals surface area contributed by atoms with Gasteiger partial charge in [-0.2, -0.15) is 0 Å². The Hall–Kier alpha value is -0.570. The summed E-state index contributed by atoms with van der Waals surface area (Å²) >= 11 is 0. The third-order valence-corrected chi connectivity index (χ3v) is 3.65. The quantitative estimate of drug-likeness (QED) is 0.802. The van der Waals surface area contributed by atoms with Gasteiger partial charge in [0.15, 0.2) is 0 Å². The summed E-state index contributed by atoms with van der Waals surface area (Å²) in [6.45, 7) is 5.15. The number of hydrogen-bond acceptors (Lipinski definition) is 2. The number of carbonyl (C=O) groups excluding carboxylic acids is 1. The van der Waals surface area contributed by atoms with Crippen molar-refractivity contribution >= 4 is 5.91 Å². The van der Waals surface area contributed by atoms with Crippen LogP contribution >= 0.6 is 0 Å². The van der Waals surface area contributed by atoms with Crippen LogP contribution in [-0.4, -0.2) is 30.4 Å². The van der Waals surface area contributed by atoms with Crippen molar-refractivity contribution in [2.24, 2.45) is 17.6 Å². The van der Waals surface area contributed by atoms with E-state index in [0.29, 0.717) is 24.3 Å². The monoisotopic (exact) mass is 240 g/mol. The average molecular weight is 240 g/mol. The van der Waals surface area contributed by atoms with Crippen LogP contribution in [0, 0.1) is 11.8 Å². The van der Waals surface area contributed by atoms with Crippen LogP contribution in [0.25, 0.3) is 0 Å². The minimum atomic E-state index is 0.290. The van der Waals surface area contributed by atoms with Gasteiger partial charge >= 0.3 is 0 Å². The molecule has 0 saturated heterocycles. The van der Waals surface area contributed by atoms with Crippen molar-refractivity contribution in [2.75, 3.05) is 13.6 Å². The van der Waals surface area contributed by atoms with Gasteiger partial charge in [-0.3, -0.25) is 4.79 Å². The van der Waals surface area contributed by atoms with Gasteiger partial charge in [-0.05, 0) is 31.1 Å². The van der Waals surface area contributed by atoms with E-state index in [-0.39, 0.29) is 5.91 Å². The number of amides is 1. The molecule has 0 aliphatic heterocycles. The standard InChI is InChI=1S/C14H28N2O/c1-11(2)10-16(3)14(17)8-7-12-5-4-6-13(15)9-12/h11-13H,4-10,15H2,1-3H3. The first kappa shape index (κ1) is 14.5. The molecule has 1 fully saturated rings. The normalized spacial score (nSPS) is 25.0. The summed E-state index contributed by atoms with van der Waals surface area (Å²) in [5, 5.41) is 0. The minimum absolute atomic E-state index is 0.290. The summed E-state index contributed by atoms with van der Waals surface area (Å²) < 4.78 is 0. The summed E-state index contributed by atoms with van der Waals surface area (Å²) in [5.74, 6) is 1.51. The zero-order valence-corrected chi connectivity index (χ0v) is 11.6. The predicted octanol–water partition coefficient (Wildman–Crippen LogP) is 2.40. The Bertz CT molecular complexity index is 240. The molecule has 1 amide bonds. The van der Waals surface area contributed by atoms with Crippen LogP contribution in [0.3, 0.4) is 0 Å². The Labute approximate surface area is 106 Å². The van der Waals surface area contributed by atoms with Gasteiger partial charge in [-0.25, -0.2) is 0 Å². The van der Waals surface area contributed by atoms with Gasteiger partial charge in [-0.15, -0.1) is 0 Å². The molecule has 3 heteroatoms. The van der Waals surface area contributed by atoms with Crippen molar-refractivity contribution in [2.45, 2.75) is 58.4 Å². The highest BCUT2D eigenvalue weighted by atomic mass is 16.2. The van der Waals surface area contributed by atoms with E-state index in [1.165, 1.54) is 12.8 Å². The van der Waals surface area contributed by atoms with E-state index in [0.717, 1.165) is 25.8 Å². The molecule has 100 valence electrons. The molecule has 2 N–H and O–H groups in total. The Morgan fingerprint density at radius 2 is 2.12 bits per heavy atom. The highest BCUT2D eigenvalue weighted by Crippen LogP contribution is 2.26.